The Hall–Kier alpha value is -3.94. The van der Waals surface area contributed by atoms with Crippen LogP contribution in [0.2, 0.25) is 0 Å². The highest BCUT2D eigenvalue weighted by Gasteiger charge is 2.17. The fourth-order valence-electron chi connectivity index (χ4n) is 2.57. The highest BCUT2D eigenvalue weighted by atomic mass is 16.5. The van der Waals surface area contributed by atoms with E-state index in [1.807, 2.05) is 31.2 Å². The Labute approximate surface area is 166 Å². The van der Waals surface area contributed by atoms with E-state index in [1.54, 1.807) is 18.2 Å². The molecule has 1 aromatic heterocycles. The highest BCUT2D eigenvalue weighted by molar-refractivity contribution is 6.07. The van der Waals surface area contributed by atoms with E-state index < -0.39 is 24.4 Å². The monoisotopic (exact) mass is 393 g/mol. The third-order valence-corrected chi connectivity index (χ3v) is 4.08. The highest BCUT2D eigenvalue weighted by Crippen LogP contribution is 2.19. The molecule has 0 fully saturated rings. The zero-order chi connectivity index (χ0) is 20.8. The number of aromatic amines is 1. The van der Waals surface area contributed by atoms with Crippen molar-refractivity contribution in [2.24, 2.45) is 0 Å². The Morgan fingerprint density at radius 3 is 2.52 bits per heavy atom. The molecule has 0 atom stereocenters. The maximum Gasteiger partial charge on any atom is 0.356 e. The van der Waals surface area contributed by atoms with Crippen molar-refractivity contribution in [3.63, 3.8) is 0 Å². The van der Waals surface area contributed by atoms with Crippen molar-refractivity contribution in [3.8, 4) is 17.0 Å². The number of para-hydroxylation sites is 1. The molecule has 1 heterocycles. The van der Waals surface area contributed by atoms with E-state index in [0.29, 0.717) is 11.4 Å². The van der Waals surface area contributed by atoms with Crippen molar-refractivity contribution in [1.29, 1.82) is 0 Å². The molecule has 2 amide bonds. The second-order valence-electron chi connectivity index (χ2n) is 6.19. The number of methoxy groups -OCH3 is 1. The van der Waals surface area contributed by atoms with Gasteiger partial charge in [-0.15, -0.1) is 0 Å². The minimum Gasteiger partial charge on any atom is -0.496 e. The van der Waals surface area contributed by atoms with Gasteiger partial charge in [-0.1, -0.05) is 42.0 Å². The van der Waals surface area contributed by atoms with Gasteiger partial charge in [0.15, 0.2) is 6.61 Å². The predicted octanol–water partition coefficient (Wildman–Crippen LogP) is 2.51. The average Bonchev–Trinajstić information content (AvgIpc) is 3.22. The lowest BCUT2D eigenvalue weighted by atomic mass is 10.1. The van der Waals surface area contributed by atoms with Crippen LogP contribution in [0.4, 0.5) is 0 Å². The lowest BCUT2D eigenvalue weighted by molar-refractivity contribution is -0.123. The van der Waals surface area contributed by atoms with E-state index in [-0.39, 0.29) is 11.3 Å². The molecular formula is C21H19N3O5. The summed E-state index contributed by atoms with van der Waals surface area (Å²) in [6.45, 7) is 1.36. The minimum absolute atomic E-state index is 0.101. The Kier molecular flexibility index (Phi) is 6.03. The summed E-state index contributed by atoms with van der Waals surface area (Å²) in [7, 11) is 1.42. The first-order valence-electron chi connectivity index (χ1n) is 8.74. The molecule has 0 aliphatic carbocycles. The smallest absolute Gasteiger partial charge is 0.356 e. The molecule has 0 saturated carbocycles. The molecular weight excluding hydrogens is 374 g/mol. The van der Waals surface area contributed by atoms with Crippen LogP contribution in [-0.4, -0.2) is 41.7 Å². The van der Waals surface area contributed by atoms with Crippen molar-refractivity contribution in [1.82, 2.24) is 15.5 Å². The first-order valence-corrected chi connectivity index (χ1v) is 8.74. The van der Waals surface area contributed by atoms with Crippen LogP contribution < -0.4 is 10.1 Å². The molecule has 0 bridgehead atoms. The molecule has 148 valence electrons. The second kappa shape index (κ2) is 8.83. The predicted molar refractivity (Wildman–Crippen MR) is 105 cm³/mol. The third-order valence-electron chi connectivity index (χ3n) is 4.08. The Morgan fingerprint density at radius 2 is 1.79 bits per heavy atom. The summed E-state index contributed by atoms with van der Waals surface area (Å²) < 4.78 is 10.0. The average molecular weight is 393 g/mol. The number of carbonyl (C=O) groups excluding carboxylic acids is 3. The number of rotatable bonds is 6. The molecule has 3 rings (SSSR count). The van der Waals surface area contributed by atoms with Gasteiger partial charge in [0.25, 0.3) is 11.8 Å². The number of nitrogens with one attached hydrogen (secondary N) is 2. The second-order valence-corrected chi connectivity index (χ2v) is 6.19. The van der Waals surface area contributed by atoms with Crippen LogP contribution in [-0.2, 0) is 9.53 Å². The van der Waals surface area contributed by atoms with Crippen LogP contribution in [0.15, 0.2) is 54.6 Å². The first kappa shape index (κ1) is 19.8. The molecule has 2 N–H and O–H groups in total. The number of amides is 2. The zero-order valence-corrected chi connectivity index (χ0v) is 15.9. The number of H-pyrrole nitrogens is 1. The van der Waals surface area contributed by atoms with E-state index in [9.17, 15) is 14.4 Å². The Morgan fingerprint density at radius 1 is 1.07 bits per heavy atom. The van der Waals surface area contributed by atoms with Crippen LogP contribution in [0.25, 0.3) is 11.3 Å². The Balaban J connectivity index is 1.56. The van der Waals surface area contributed by atoms with E-state index in [4.69, 9.17) is 9.47 Å². The number of esters is 1. The normalized spacial score (nSPS) is 10.3. The number of nitrogens with zero attached hydrogens (tertiary/aromatic N) is 1. The van der Waals surface area contributed by atoms with E-state index in [1.165, 1.54) is 19.2 Å². The largest absolute Gasteiger partial charge is 0.496 e. The summed E-state index contributed by atoms with van der Waals surface area (Å²) in [6.07, 6.45) is 0. The molecule has 8 heteroatoms. The SMILES string of the molecule is COc1ccccc1C(=O)NC(=O)COC(=O)c1cc(-c2ccc(C)cc2)n[nH]1. The van der Waals surface area contributed by atoms with Crippen LogP contribution in [0, 0.1) is 6.92 Å². The van der Waals surface area contributed by atoms with Gasteiger partial charge in [-0.2, -0.15) is 5.10 Å². The van der Waals surface area contributed by atoms with Gasteiger partial charge >= 0.3 is 5.97 Å². The number of imide groups is 1. The summed E-state index contributed by atoms with van der Waals surface area (Å²) in [5.41, 5.74) is 2.83. The van der Waals surface area contributed by atoms with Gasteiger partial charge in [-0.3, -0.25) is 20.0 Å². The summed E-state index contributed by atoms with van der Waals surface area (Å²) in [4.78, 5) is 36.2. The molecule has 8 nitrogen and oxygen atoms in total. The fraction of sp³-hybridized carbons (Fsp3) is 0.143. The number of aromatic nitrogens is 2. The molecule has 0 saturated heterocycles. The lowest BCUT2D eigenvalue weighted by Gasteiger charge is -2.08. The first-order chi connectivity index (χ1) is 14.0. The molecule has 0 spiro atoms. The number of benzene rings is 2. The van der Waals surface area contributed by atoms with E-state index in [0.717, 1.165) is 11.1 Å². The number of ether oxygens (including phenoxy) is 2. The van der Waals surface area contributed by atoms with E-state index >= 15 is 0 Å². The topological polar surface area (TPSA) is 110 Å². The molecule has 2 aromatic carbocycles. The van der Waals surface area contributed by atoms with Gasteiger partial charge in [-0.05, 0) is 25.1 Å². The fourth-order valence-corrected chi connectivity index (χ4v) is 2.57. The summed E-state index contributed by atoms with van der Waals surface area (Å²) >= 11 is 0. The Bertz CT molecular complexity index is 1040. The zero-order valence-electron chi connectivity index (χ0n) is 15.9. The minimum atomic E-state index is -0.757. The third kappa shape index (κ3) is 4.86. The van der Waals surface area contributed by atoms with Gasteiger partial charge < -0.3 is 9.47 Å². The number of aryl methyl sites for hydroxylation is 1. The summed E-state index contributed by atoms with van der Waals surface area (Å²) in [6, 6.07) is 15.6. The van der Waals surface area contributed by atoms with Gasteiger partial charge in [-0.25, -0.2) is 4.79 Å². The standard InChI is InChI=1S/C21H19N3O5/c1-13-7-9-14(10-8-13)16-11-17(24-23-16)21(27)29-12-19(25)22-20(26)15-5-3-4-6-18(15)28-2/h3-11H,12H2,1-2H3,(H,23,24)(H,22,25,26). The lowest BCUT2D eigenvalue weighted by Crippen LogP contribution is -2.34. The van der Waals surface area contributed by atoms with Gasteiger partial charge in [0.1, 0.15) is 11.4 Å². The number of hydrogen-bond acceptors (Lipinski definition) is 6. The van der Waals surface area contributed by atoms with Crippen molar-refractivity contribution in [3.05, 3.63) is 71.4 Å². The molecule has 29 heavy (non-hydrogen) atoms. The molecule has 0 radical (unpaired) electrons. The van der Waals surface area contributed by atoms with Crippen molar-refractivity contribution in [2.75, 3.05) is 13.7 Å². The van der Waals surface area contributed by atoms with Crippen LogP contribution in [0.5, 0.6) is 5.75 Å². The van der Waals surface area contributed by atoms with Crippen molar-refractivity contribution in [2.45, 2.75) is 6.92 Å². The van der Waals surface area contributed by atoms with Gasteiger partial charge in [0.05, 0.1) is 18.4 Å². The maximum absolute atomic E-state index is 12.2. The maximum atomic E-state index is 12.2. The summed E-state index contributed by atoms with van der Waals surface area (Å²) in [5, 5.41) is 8.81. The molecule has 0 aliphatic rings. The van der Waals surface area contributed by atoms with E-state index in [2.05, 4.69) is 15.5 Å². The van der Waals surface area contributed by atoms with Crippen LogP contribution in [0.3, 0.4) is 0 Å². The van der Waals surface area contributed by atoms with Crippen molar-refractivity contribution < 1.29 is 23.9 Å². The van der Waals surface area contributed by atoms with Crippen LogP contribution in [0.1, 0.15) is 26.4 Å². The molecule has 3 aromatic rings. The number of hydrogen-bond donors (Lipinski definition) is 2. The van der Waals surface area contributed by atoms with Gasteiger partial charge in [0.2, 0.25) is 0 Å². The molecule has 0 aliphatic heterocycles. The molecule has 0 unspecified atom stereocenters. The van der Waals surface area contributed by atoms with Crippen LogP contribution >= 0.6 is 0 Å². The summed E-state index contributed by atoms with van der Waals surface area (Å²) in [5.74, 6) is -1.83. The van der Waals surface area contributed by atoms with Gasteiger partial charge in [0, 0.05) is 5.56 Å². The van der Waals surface area contributed by atoms with Crippen molar-refractivity contribution >= 4 is 17.8 Å². The quantitative estimate of drug-likeness (QED) is 0.623. The number of carbonyl (C=O) groups is 3.